The highest BCUT2D eigenvalue weighted by Crippen LogP contribution is 2.34. The molecule has 0 aliphatic heterocycles. The highest BCUT2D eigenvalue weighted by Gasteiger charge is 2.24. The number of nitrogens with zero attached hydrogens (tertiary/aromatic N) is 2. The van der Waals surface area contributed by atoms with Gasteiger partial charge in [-0.25, -0.2) is 4.98 Å². The van der Waals surface area contributed by atoms with Gasteiger partial charge in [0, 0.05) is 4.90 Å². The summed E-state index contributed by atoms with van der Waals surface area (Å²) in [7, 11) is 4.20. The van der Waals surface area contributed by atoms with Crippen LogP contribution in [-0.4, -0.2) is 44.3 Å². The smallest absolute Gasteiger partial charge is 0.261 e. The molecule has 1 amide bonds. The highest BCUT2D eigenvalue weighted by molar-refractivity contribution is 7.98. The first-order valence-electron chi connectivity index (χ1n) is 9.03. The summed E-state index contributed by atoms with van der Waals surface area (Å²) in [5.74, 6) is 0.0237. The summed E-state index contributed by atoms with van der Waals surface area (Å²) in [6.45, 7) is 5.68. The van der Waals surface area contributed by atoms with Crippen LogP contribution >= 0.6 is 23.1 Å². The molecular formula is C21H26N3OS2+. The number of aromatic nitrogens is 1. The molecule has 27 heavy (non-hydrogen) atoms. The molecule has 0 unspecified atom stereocenters. The number of hydrogen-bond acceptors (Lipinski definition) is 4. The van der Waals surface area contributed by atoms with Gasteiger partial charge in [0.2, 0.25) is 0 Å². The first kappa shape index (κ1) is 19.9. The Morgan fingerprint density at radius 1 is 1.15 bits per heavy atom. The molecular weight excluding hydrogens is 374 g/mol. The fourth-order valence-corrected chi connectivity index (χ4v) is 4.68. The lowest BCUT2D eigenvalue weighted by atomic mass is 10.1. The third-order valence-corrected chi connectivity index (χ3v) is 6.59. The summed E-state index contributed by atoms with van der Waals surface area (Å²) < 4.78 is 1.16. The lowest BCUT2D eigenvalue weighted by Crippen LogP contribution is -3.06. The van der Waals surface area contributed by atoms with E-state index in [0.717, 1.165) is 37.9 Å². The van der Waals surface area contributed by atoms with Crippen LogP contribution < -0.4 is 9.80 Å². The number of nitrogens with one attached hydrogen (secondary N) is 1. The van der Waals surface area contributed by atoms with Crippen LogP contribution in [0.4, 0.5) is 5.13 Å². The Hall–Kier alpha value is -1.89. The highest BCUT2D eigenvalue weighted by atomic mass is 32.2. The number of rotatable bonds is 6. The molecule has 0 saturated heterocycles. The second kappa shape index (κ2) is 8.42. The molecule has 4 nitrogen and oxygen atoms in total. The van der Waals surface area contributed by atoms with E-state index in [2.05, 4.69) is 40.1 Å². The molecule has 0 spiro atoms. The van der Waals surface area contributed by atoms with Crippen molar-refractivity contribution in [3.8, 4) is 0 Å². The Kier molecular flexibility index (Phi) is 6.19. The molecule has 0 aliphatic rings. The van der Waals surface area contributed by atoms with Gasteiger partial charge >= 0.3 is 0 Å². The van der Waals surface area contributed by atoms with Gasteiger partial charge in [-0.15, -0.1) is 11.8 Å². The number of likely N-dealkylation sites (N-methyl/N-ethyl adjacent to an activating group) is 1. The summed E-state index contributed by atoms with van der Waals surface area (Å²) >= 11 is 3.21. The van der Waals surface area contributed by atoms with E-state index in [-0.39, 0.29) is 5.91 Å². The second-order valence-corrected chi connectivity index (χ2v) is 8.81. The molecule has 0 saturated carbocycles. The summed E-state index contributed by atoms with van der Waals surface area (Å²) in [6, 6.07) is 12.0. The number of thiazole rings is 1. The maximum Gasteiger partial charge on any atom is 0.261 e. The minimum Gasteiger partial charge on any atom is -0.338 e. The van der Waals surface area contributed by atoms with Crippen molar-refractivity contribution in [1.29, 1.82) is 0 Å². The number of benzene rings is 2. The number of hydrogen-bond donors (Lipinski definition) is 1. The van der Waals surface area contributed by atoms with E-state index in [9.17, 15) is 4.79 Å². The van der Waals surface area contributed by atoms with Gasteiger partial charge in [-0.3, -0.25) is 9.69 Å². The van der Waals surface area contributed by atoms with Gasteiger partial charge in [-0.05, 0) is 43.4 Å². The van der Waals surface area contributed by atoms with Gasteiger partial charge in [0.15, 0.2) is 5.13 Å². The zero-order valence-electron chi connectivity index (χ0n) is 16.5. The van der Waals surface area contributed by atoms with Crippen LogP contribution in [0.5, 0.6) is 0 Å². The Labute approximate surface area is 169 Å². The number of quaternary nitrogens is 1. The van der Waals surface area contributed by atoms with Crippen molar-refractivity contribution >= 4 is 44.4 Å². The Balaban J connectivity index is 2.07. The normalized spacial score (nSPS) is 11.3. The van der Waals surface area contributed by atoms with Crippen LogP contribution in [0, 0.1) is 13.8 Å². The summed E-state index contributed by atoms with van der Waals surface area (Å²) in [5.41, 5.74) is 4.09. The van der Waals surface area contributed by atoms with Crippen LogP contribution in [0.15, 0.2) is 41.3 Å². The molecule has 0 atom stereocenters. The number of thioether (sulfide) groups is 1. The topological polar surface area (TPSA) is 37.6 Å². The van der Waals surface area contributed by atoms with Crippen LogP contribution in [0.3, 0.4) is 0 Å². The number of anilines is 1. The van der Waals surface area contributed by atoms with Gasteiger partial charge in [0.25, 0.3) is 5.91 Å². The van der Waals surface area contributed by atoms with Crippen molar-refractivity contribution in [1.82, 2.24) is 4.98 Å². The fourth-order valence-electron chi connectivity index (χ4n) is 2.95. The summed E-state index contributed by atoms with van der Waals surface area (Å²) in [5, 5.41) is 0.782. The van der Waals surface area contributed by atoms with Crippen molar-refractivity contribution in [2.45, 2.75) is 18.7 Å². The maximum absolute atomic E-state index is 13.5. The van der Waals surface area contributed by atoms with Crippen LogP contribution in [0.1, 0.15) is 21.5 Å². The van der Waals surface area contributed by atoms with Gasteiger partial charge in [0.05, 0.1) is 43.0 Å². The zero-order valence-corrected chi connectivity index (χ0v) is 18.1. The monoisotopic (exact) mass is 400 g/mol. The van der Waals surface area contributed by atoms with Gasteiger partial charge in [-0.1, -0.05) is 35.6 Å². The zero-order chi connectivity index (χ0) is 19.6. The van der Waals surface area contributed by atoms with Gasteiger partial charge in [-0.2, -0.15) is 0 Å². The molecule has 142 valence electrons. The standard InChI is InChI=1S/C21H25N3OS2/c1-14-10-11-15(2)19-18(14)22-21(27-19)24(13-12-23(3)4)20(25)16-8-6-7-9-17(16)26-5/h6-11H,12-13H2,1-5H3/p+1. The van der Waals surface area contributed by atoms with E-state index in [4.69, 9.17) is 4.98 Å². The minimum atomic E-state index is 0.0237. The number of fused-ring (bicyclic) bond motifs is 1. The third-order valence-electron chi connectivity index (χ3n) is 4.58. The number of carbonyl (C=O) groups is 1. The predicted molar refractivity (Wildman–Crippen MR) is 117 cm³/mol. The molecule has 1 heterocycles. The molecule has 2 aromatic carbocycles. The minimum absolute atomic E-state index is 0.0237. The van der Waals surface area contributed by atoms with Crippen molar-refractivity contribution in [3.05, 3.63) is 53.1 Å². The maximum atomic E-state index is 13.5. The SMILES string of the molecule is CSc1ccccc1C(=O)N(CC[NH+](C)C)c1nc2c(C)ccc(C)c2s1. The van der Waals surface area contributed by atoms with E-state index in [1.165, 1.54) is 10.5 Å². The molecule has 0 radical (unpaired) electrons. The van der Waals surface area contributed by atoms with Crippen LogP contribution in [-0.2, 0) is 0 Å². The van der Waals surface area contributed by atoms with Gasteiger partial charge < -0.3 is 4.90 Å². The van der Waals surface area contributed by atoms with Crippen LogP contribution in [0.25, 0.3) is 10.2 Å². The summed E-state index contributed by atoms with van der Waals surface area (Å²) in [6.07, 6.45) is 2.00. The molecule has 3 aromatic rings. The molecule has 0 aliphatic carbocycles. The summed E-state index contributed by atoms with van der Waals surface area (Å²) in [4.78, 5) is 22.5. The predicted octanol–water partition coefficient (Wildman–Crippen LogP) is 3.43. The van der Waals surface area contributed by atoms with E-state index in [1.807, 2.05) is 35.4 Å². The third kappa shape index (κ3) is 4.18. The quantitative estimate of drug-likeness (QED) is 0.644. The lowest BCUT2D eigenvalue weighted by molar-refractivity contribution is -0.856. The Morgan fingerprint density at radius 3 is 2.52 bits per heavy atom. The average Bonchev–Trinajstić information content (AvgIpc) is 3.11. The number of carbonyl (C=O) groups excluding carboxylic acids is 1. The number of aryl methyl sites for hydroxylation is 2. The van der Waals surface area contributed by atoms with E-state index < -0.39 is 0 Å². The first-order chi connectivity index (χ1) is 12.9. The molecule has 1 aromatic heterocycles. The van der Waals surface area contributed by atoms with E-state index >= 15 is 0 Å². The van der Waals surface area contributed by atoms with Gasteiger partial charge in [0.1, 0.15) is 0 Å². The average molecular weight is 401 g/mol. The molecule has 1 N–H and O–H groups in total. The molecule has 3 rings (SSSR count). The Morgan fingerprint density at radius 2 is 1.85 bits per heavy atom. The second-order valence-electron chi connectivity index (χ2n) is 6.99. The van der Waals surface area contributed by atoms with E-state index in [1.54, 1.807) is 23.1 Å². The fraction of sp³-hybridized carbons (Fsp3) is 0.333. The van der Waals surface area contributed by atoms with Crippen molar-refractivity contribution in [2.75, 3.05) is 38.3 Å². The molecule has 0 fully saturated rings. The van der Waals surface area contributed by atoms with E-state index in [0.29, 0.717) is 6.54 Å². The largest absolute Gasteiger partial charge is 0.338 e. The Bertz CT molecular complexity index is 926. The number of amides is 1. The molecule has 6 heteroatoms. The molecule has 0 bridgehead atoms. The van der Waals surface area contributed by atoms with Crippen molar-refractivity contribution < 1.29 is 9.69 Å². The van der Waals surface area contributed by atoms with Crippen molar-refractivity contribution in [2.24, 2.45) is 0 Å². The first-order valence-corrected chi connectivity index (χ1v) is 11.1. The lowest BCUT2D eigenvalue weighted by Gasteiger charge is -2.21. The van der Waals surface area contributed by atoms with Crippen molar-refractivity contribution in [3.63, 3.8) is 0 Å². The van der Waals surface area contributed by atoms with Crippen LogP contribution in [0.2, 0.25) is 0 Å².